The lowest BCUT2D eigenvalue weighted by Gasteiger charge is -2.60. The zero-order valence-electron chi connectivity index (χ0n) is 15.5. The highest BCUT2D eigenvalue weighted by molar-refractivity contribution is 5.84. The van der Waals surface area contributed by atoms with Crippen LogP contribution in [0.1, 0.15) is 72.1 Å². The van der Waals surface area contributed by atoms with Crippen LogP contribution in [-0.4, -0.2) is 28.2 Å². The van der Waals surface area contributed by atoms with Gasteiger partial charge in [-0.2, -0.15) is 0 Å². The van der Waals surface area contributed by atoms with Crippen molar-refractivity contribution < 1.29 is 15.0 Å². The summed E-state index contributed by atoms with van der Waals surface area (Å²) in [6.07, 6.45) is 7.56. The molecule has 3 nitrogen and oxygen atoms in total. The maximum atomic E-state index is 13.3. The molecule has 24 heavy (non-hydrogen) atoms. The molecule has 136 valence electrons. The van der Waals surface area contributed by atoms with E-state index in [2.05, 4.69) is 13.8 Å². The average molecular weight is 335 g/mol. The molecule has 4 saturated carbocycles. The second-order valence-electron chi connectivity index (χ2n) is 10.0. The number of Topliss-reactive ketones (excluding diaryl/α,β-unsaturated/α-hetero) is 1. The number of aliphatic hydroxyl groups is 2. The molecule has 0 unspecified atom stereocenters. The molecule has 0 heterocycles. The number of carbonyl (C=O) groups is 1. The van der Waals surface area contributed by atoms with E-state index in [9.17, 15) is 15.0 Å². The van der Waals surface area contributed by atoms with Crippen molar-refractivity contribution in [2.24, 2.45) is 40.4 Å². The zero-order chi connectivity index (χ0) is 17.3. The van der Waals surface area contributed by atoms with Gasteiger partial charge in [0, 0.05) is 12.3 Å². The predicted molar refractivity (Wildman–Crippen MR) is 93.3 cm³/mol. The highest BCUT2D eigenvalue weighted by Gasteiger charge is 2.63. The lowest BCUT2D eigenvalue weighted by atomic mass is 9.44. The SMILES string of the molecule is C[C@H](O)[C@@H]1CC[C@@H]2[C@@H]3CC[C@@H]4C[C@H](O)CC[C@]4(C)[C@@H]3C(=O)C[C@@]21C. The Balaban J connectivity index is 1.67. The van der Waals surface area contributed by atoms with E-state index in [4.69, 9.17) is 0 Å². The first kappa shape index (κ1) is 17.0. The smallest absolute Gasteiger partial charge is 0.137 e. The number of hydrogen-bond acceptors (Lipinski definition) is 3. The van der Waals surface area contributed by atoms with Gasteiger partial charge in [-0.3, -0.25) is 4.79 Å². The van der Waals surface area contributed by atoms with Crippen molar-refractivity contribution in [1.29, 1.82) is 0 Å². The van der Waals surface area contributed by atoms with Crippen LogP contribution < -0.4 is 0 Å². The maximum Gasteiger partial charge on any atom is 0.137 e. The molecular formula is C21H34O3. The van der Waals surface area contributed by atoms with E-state index in [0.29, 0.717) is 30.0 Å². The van der Waals surface area contributed by atoms with Gasteiger partial charge in [-0.25, -0.2) is 0 Å². The van der Waals surface area contributed by atoms with Gasteiger partial charge in [-0.1, -0.05) is 13.8 Å². The van der Waals surface area contributed by atoms with E-state index in [1.54, 1.807) is 0 Å². The molecule has 0 saturated heterocycles. The Bertz CT molecular complexity index is 529. The van der Waals surface area contributed by atoms with Crippen LogP contribution >= 0.6 is 0 Å². The van der Waals surface area contributed by atoms with Crippen molar-refractivity contribution in [2.45, 2.75) is 84.3 Å². The summed E-state index contributed by atoms with van der Waals surface area (Å²) in [7, 11) is 0. The van der Waals surface area contributed by atoms with Crippen molar-refractivity contribution in [2.75, 3.05) is 0 Å². The number of aliphatic hydroxyl groups excluding tert-OH is 2. The van der Waals surface area contributed by atoms with Crippen LogP contribution in [0.3, 0.4) is 0 Å². The number of fused-ring (bicyclic) bond motifs is 5. The number of ketones is 1. The molecule has 3 heteroatoms. The van der Waals surface area contributed by atoms with Gasteiger partial charge in [0.05, 0.1) is 12.2 Å². The van der Waals surface area contributed by atoms with Gasteiger partial charge < -0.3 is 10.2 Å². The fourth-order valence-corrected chi connectivity index (χ4v) is 7.88. The molecule has 4 rings (SSSR count). The predicted octanol–water partition coefficient (Wildman–Crippen LogP) is 3.57. The maximum absolute atomic E-state index is 13.3. The minimum atomic E-state index is -0.305. The number of hydrogen-bond donors (Lipinski definition) is 2. The highest BCUT2D eigenvalue weighted by Crippen LogP contribution is 2.66. The van der Waals surface area contributed by atoms with Gasteiger partial charge in [0.1, 0.15) is 5.78 Å². The normalized spacial score (nSPS) is 55.5. The Kier molecular flexibility index (Phi) is 3.93. The Hall–Kier alpha value is -0.410. The molecular weight excluding hydrogens is 300 g/mol. The molecule has 0 aromatic heterocycles. The molecule has 0 aromatic carbocycles. The molecule has 4 aliphatic rings. The first-order valence-corrected chi connectivity index (χ1v) is 10.2. The summed E-state index contributed by atoms with van der Waals surface area (Å²) < 4.78 is 0. The summed E-state index contributed by atoms with van der Waals surface area (Å²) in [5.74, 6) is 2.58. The van der Waals surface area contributed by atoms with Gasteiger partial charge in [0.2, 0.25) is 0 Å². The number of carbonyl (C=O) groups excluding carboxylic acids is 1. The van der Waals surface area contributed by atoms with E-state index in [0.717, 1.165) is 32.1 Å². The largest absolute Gasteiger partial charge is 0.393 e. The molecule has 0 amide bonds. The molecule has 0 aromatic rings. The third kappa shape index (κ3) is 2.19. The summed E-state index contributed by atoms with van der Waals surface area (Å²) in [5, 5.41) is 20.4. The van der Waals surface area contributed by atoms with Crippen LogP contribution in [-0.2, 0) is 4.79 Å². The molecule has 0 bridgehead atoms. The zero-order valence-corrected chi connectivity index (χ0v) is 15.5. The average Bonchev–Trinajstić information content (AvgIpc) is 2.84. The molecule has 0 spiro atoms. The van der Waals surface area contributed by atoms with E-state index < -0.39 is 0 Å². The highest BCUT2D eigenvalue weighted by atomic mass is 16.3. The first-order chi connectivity index (χ1) is 11.3. The van der Waals surface area contributed by atoms with Crippen molar-refractivity contribution in [3.05, 3.63) is 0 Å². The van der Waals surface area contributed by atoms with Crippen molar-refractivity contribution >= 4 is 5.78 Å². The minimum Gasteiger partial charge on any atom is -0.393 e. The van der Waals surface area contributed by atoms with Gasteiger partial charge in [-0.15, -0.1) is 0 Å². The topological polar surface area (TPSA) is 57.5 Å². The van der Waals surface area contributed by atoms with Crippen LogP contribution in [0.5, 0.6) is 0 Å². The second-order valence-corrected chi connectivity index (χ2v) is 10.0. The van der Waals surface area contributed by atoms with Crippen LogP contribution in [0.4, 0.5) is 0 Å². The summed E-state index contributed by atoms with van der Waals surface area (Å²) in [6, 6.07) is 0. The molecule has 9 atom stereocenters. The van der Waals surface area contributed by atoms with Crippen LogP contribution in [0.25, 0.3) is 0 Å². The Morgan fingerprint density at radius 1 is 1.08 bits per heavy atom. The molecule has 2 N–H and O–H groups in total. The third-order valence-electron chi connectivity index (χ3n) is 8.98. The van der Waals surface area contributed by atoms with Crippen LogP contribution in [0.15, 0.2) is 0 Å². The molecule has 0 aliphatic heterocycles. The molecule has 4 fully saturated rings. The van der Waals surface area contributed by atoms with Gasteiger partial charge in [0.25, 0.3) is 0 Å². The van der Waals surface area contributed by atoms with E-state index >= 15 is 0 Å². The third-order valence-corrected chi connectivity index (χ3v) is 8.98. The van der Waals surface area contributed by atoms with Crippen molar-refractivity contribution in [3.8, 4) is 0 Å². The minimum absolute atomic E-state index is 0.00376. The quantitative estimate of drug-likeness (QED) is 0.771. The fraction of sp³-hybridized carbons (Fsp3) is 0.952. The Morgan fingerprint density at radius 2 is 1.83 bits per heavy atom. The van der Waals surface area contributed by atoms with Gasteiger partial charge >= 0.3 is 0 Å². The Labute approximate surface area is 146 Å². The van der Waals surface area contributed by atoms with Gasteiger partial charge in [-0.05, 0) is 86.4 Å². The lowest BCUT2D eigenvalue weighted by Crippen LogP contribution is -2.58. The van der Waals surface area contributed by atoms with E-state index in [1.807, 2.05) is 6.92 Å². The Morgan fingerprint density at radius 3 is 2.54 bits per heavy atom. The van der Waals surface area contributed by atoms with E-state index in [-0.39, 0.29) is 34.9 Å². The summed E-state index contributed by atoms with van der Waals surface area (Å²) in [5.41, 5.74) is 0.104. The summed E-state index contributed by atoms with van der Waals surface area (Å²) >= 11 is 0. The van der Waals surface area contributed by atoms with Crippen LogP contribution in [0, 0.1) is 40.4 Å². The monoisotopic (exact) mass is 334 g/mol. The lowest BCUT2D eigenvalue weighted by molar-refractivity contribution is -0.163. The summed E-state index contributed by atoms with van der Waals surface area (Å²) in [6.45, 7) is 6.55. The molecule has 4 aliphatic carbocycles. The van der Waals surface area contributed by atoms with Gasteiger partial charge in [0.15, 0.2) is 0 Å². The first-order valence-electron chi connectivity index (χ1n) is 10.2. The van der Waals surface area contributed by atoms with Crippen LogP contribution in [0.2, 0.25) is 0 Å². The number of rotatable bonds is 1. The van der Waals surface area contributed by atoms with Crippen molar-refractivity contribution in [3.63, 3.8) is 0 Å². The molecule has 0 radical (unpaired) electrons. The van der Waals surface area contributed by atoms with E-state index in [1.165, 1.54) is 12.8 Å². The second kappa shape index (κ2) is 5.54. The summed E-state index contributed by atoms with van der Waals surface area (Å²) in [4.78, 5) is 13.3. The van der Waals surface area contributed by atoms with Crippen molar-refractivity contribution in [1.82, 2.24) is 0 Å². The fourth-order valence-electron chi connectivity index (χ4n) is 7.88. The standard InChI is InChI=1S/C21H34O3/c1-12(22)16-6-7-17-15-5-4-13-10-14(23)8-9-20(13,2)19(15)18(24)11-21(16,17)3/h12-17,19,22-23H,4-11H2,1-3H3/t12-,13+,14+,15-,16-,17+,19-,20-,21+/m0/s1.